The molecule has 0 saturated carbocycles. The van der Waals surface area contributed by atoms with E-state index in [4.69, 9.17) is 9.84 Å². The van der Waals surface area contributed by atoms with Crippen molar-refractivity contribution in [3.05, 3.63) is 42.5 Å². The van der Waals surface area contributed by atoms with Gasteiger partial charge in [0.25, 0.3) is 0 Å². The minimum atomic E-state index is 0.148. The van der Waals surface area contributed by atoms with Gasteiger partial charge in [-0.15, -0.1) is 24.2 Å². The minimum Gasteiger partial charge on any atom is -0.493 e. The lowest BCUT2D eigenvalue weighted by Gasteiger charge is -2.03. The largest absolute Gasteiger partial charge is 0.493 e. The average Bonchev–Trinajstić information content (AvgIpc) is 3.07. The number of nitrogens with zero attached hydrogens (tertiary/aromatic N) is 1. The van der Waals surface area contributed by atoms with Gasteiger partial charge in [0.2, 0.25) is 0 Å². The van der Waals surface area contributed by atoms with Crippen LogP contribution in [0.3, 0.4) is 0 Å². The number of benzene rings is 2. The second kappa shape index (κ2) is 8.92. The molecule has 0 atom stereocenters. The normalized spacial score (nSPS) is 10.0. The highest BCUT2D eigenvalue weighted by Crippen LogP contribution is 2.32. The highest BCUT2D eigenvalue weighted by atomic mass is 32.1. The van der Waals surface area contributed by atoms with Crippen molar-refractivity contribution in [3.8, 4) is 29.2 Å². The number of anilines is 1. The van der Waals surface area contributed by atoms with Crippen LogP contribution in [-0.4, -0.2) is 30.4 Å². The van der Waals surface area contributed by atoms with E-state index < -0.39 is 0 Å². The highest BCUT2D eigenvalue weighted by molar-refractivity contribution is 7.21. The molecule has 0 amide bonds. The molecule has 0 spiro atoms. The maximum atomic E-state index is 8.79. The lowest BCUT2D eigenvalue weighted by molar-refractivity contribution is 0.234. The molecule has 3 rings (SSSR count). The summed E-state index contributed by atoms with van der Waals surface area (Å²) in [7, 11) is 1.91. The number of hydrogen-bond donors (Lipinski definition) is 2. The highest BCUT2D eigenvalue weighted by Gasteiger charge is 2.07. The SMILES string of the molecule is C#C.CNc1ccc(-c2nc3ccc(OCCCO)cc3s2)cc1. The van der Waals surface area contributed by atoms with Crippen molar-refractivity contribution in [1.82, 2.24) is 4.98 Å². The molecular formula is C19H20N2O2S. The zero-order valence-electron chi connectivity index (χ0n) is 13.5. The molecule has 0 aliphatic heterocycles. The zero-order valence-corrected chi connectivity index (χ0v) is 14.3. The van der Waals surface area contributed by atoms with Crippen LogP contribution in [0.5, 0.6) is 5.75 Å². The Morgan fingerprint density at radius 1 is 1.17 bits per heavy atom. The number of hydrogen-bond acceptors (Lipinski definition) is 5. The van der Waals surface area contributed by atoms with E-state index in [1.165, 1.54) is 0 Å². The number of aromatic nitrogens is 1. The topological polar surface area (TPSA) is 54.4 Å². The monoisotopic (exact) mass is 340 g/mol. The summed E-state index contributed by atoms with van der Waals surface area (Å²) in [5.74, 6) is 0.821. The molecule has 2 N–H and O–H groups in total. The van der Waals surface area contributed by atoms with Crippen LogP contribution in [0.1, 0.15) is 6.42 Å². The molecule has 3 aromatic rings. The van der Waals surface area contributed by atoms with Gasteiger partial charge in [-0.25, -0.2) is 4.98 Å². The summed E-state index contributed by atoms with van der Waals surface area (Å²) < 4.78 is 6.72. The number of ether oxygens (including phenoxy) is 1. The third kappa shape index (κ3) is 4.25. The van der Waals surface area contributed by atoms with Crippen LogP contribution >= 0.6 is 11.3 Å². The molecule has 0 saturated heterocycles. The molecule has 0 radical (unpaired) electrons. The maximum absolute atomic E-state index is 8.79. The predicted octanol–water partition coefficient (Wildman–Crippen LogP) is 4.02. The first-order valence-corrected chi connectivity index (χ1v) is 8.37. The molecule has 0 fully saturated rings. The summed E-state index contributed by atoms with van der Waals surface area (Å²) in [4.78, 5) is 4.68. The second-order valence-corrected chi connectivity index (χ2v) is 5.93. The van der Waals surface area contributed by atoms with E-state index in [9.17, 15) is 0 Å². The van der Waals surface area contributed by atoms with Gasteiger partial charge in [0, 0.05) is 31.3 Å². The molecule has 0 aliphatic carbocycles. The molecule has 0 unspecified atom stereocenters. The Bertz CT molecular complexity index is 794. The molecule has 1 heterocycles. The van der Waals surface area contributed by atoms with Gasteiger partial charge in [0.15, 0.2) is 0 Å². The summed E-state index contributed by atoms with van der Waals surface area (Å²) in [6, 6.07) is 14.1. The van der Waals surface area contributed by atoms with Gasteiger partial charge in [-0.05, 0) is 42.5 Å². The smallest absolute Gasteiger partial charge is 0.124 e. The molecule has 5 heteroatoms. The van der Waals surface area contributed by atoms with Gasteiger partial charge in [0.1, 0.15) is 10.8 Å². The first kappa shape index (κ1) is 17.8. The fourth-order valence-corrected chi connectivity index (χ4v) is 3.15. The maximum Gasteiger partial charge on any atom is 0.124 e. The lowest BCUT2D eigenvalue weighted by atomic mass is 10.2. The van der Waals surface area contributed by atoms with Crippen LogP contribution in [0.25, 0.3) is 20.8 Å². The Balaban J connectivity index is 0.00000100. The molecule has 0 aliphatic rings. The van der Waals surface area contributed by atoms with E-state index in [2.05, 4.69) is 35.3 Å². The number of rotatable bonds is 6. The van der Waals surface area contributed by atoms with Crippen molar-refractivity contribution >= 4 is 27.2 Å². The molecule has 124 valence electrons. The molecular weight excluding hydrogens is 320 g/mol. The lowest BCUT2D eigenvalue weighted by Crippen LogP contribution is -1.99. The van der Waals surface area contributed by atoms with Crippen molar-refractivity contribution in [2.24, 2.45) is 0 Å². The van der Waals surface area contributed by atoms with Gasteiger partial charge in [-0.3, -0.25) is 0 Å². The molecule has 0 bridgehead atoms. The summed E-state index contributed by atoms with van der Waals surface area (Å²) in [6.45, 7) is 0.675. The van der Waals surface area contributed by atoms with Gasteiger partial charge in [0.05, 0.1) is 16.8 Å². The Morgan fingerprint density at radius 2 is 1.92 bits per heavy atom. The number of aliphatic hydroxyl groups excluding tert-OH is 1. The predicted molar refractivity (Wildman–Crippen MR) is 102 cm³/mol. The van der Waals surface area contributed by atoms with Gasteiger partial charge < -0.3 is 15.2 Å². The van der Waals surface area contributed by atoms with Crippen molar-refractivity contribution < 1.29 is 9.84 Å². The van der Waals surface area contributed by atoms with E-state index in [0.717, 1.165) is 32.2 Å². The number of fused-ring (bicyclic) bond motifs is 1. The van der Waals surface area contributed by atoms with Crippen LogP contribution in [0.15, 0.2) is 42.5 Å². The third-order valence-electron chi connectivity index (χ3n) is 3.35. The van der Waals surface area contributed by atoms with Crippen LogP contribution in [0.4, 0.5) is 5.69 Å². The number of aliphatic hydroxyl groups is 1. The quantitative estimate of drug-likeness (QED) is 0.526. The summed E-state index contributed by atoms with van der Waals surface area (Å²) >= 11 is 1.66. The van der Waals surface area contributed by atoms with Crippen molar-refractivity contribution in [2.45, 2.75) is 6.42 Å². The summed E-state index contributed by atoms with van der Waals surface area (Å²) in [5, 5.41) is 12.9. The zero-order chi connectivity index (χ0) is 17.4. The number of terminal acetylenes is 1. The molecule has 24 heavy (non-hydrogen) atoms. The minimum absolute atomic E-state index is 0.148. The fraction of sp³-hybridized carbons (Fsp3) is 0.211. The van der Waals surface area contributed by atoms with Crippen LogP contribution in [0.2, 0.25) is 0 Å². The molecule has 1 aromatic heterocycles. The van der Waals surface area contributed by atoms with Crippen molar-refractivity contribution in [3.63, 3.8) is 0 Å². The van der Waals surface area contributed by atoms with E-state index in [-0.39, 0.29) is 6.61 Å². The average molecular weight is 340 g/mol. The van der Waals surface area contributed by atoms with Gasteiger partial charge in [-0.1, -0.05) is 0 Å². The Morgan fingerprint density at radius 3 is 2.58 bits per heavy atom. The van der Waals surface area contributed by atoms with Crippen LogP contribution in [-0.2, 0) is 0 Å². The van der Waals surface area contributed by atoms with E-state index >= 15 is 0 Å². The summed E-state index contributed by atoms with van der Waals surface area (Å²) in [6.07, 6.45) is 8.64. The Hall–Kier alpha value is -2.55. The van der Waals surface area contributed by atoms with E-state index in [1.54, 1.807) is 11.3 Å². The Kier molecular flexibility index (Phi) is 6.62. The first-order chi connectivity index (χ1) is 11.8. The fourth-order valence-electron chi connectivity index (χ4n) is 2.15. The van der Waals surface area contributed by atoms with Crippen LogP contribution < -0.4 is 10.1 Å². The van der Waals surface area contributed by atoms with E-state index in [1.807, 2.05) is 37.4 Å². The van der Waals surface area contributed by atoms with Crippen molar-refractivity contribution in [1.29, 1.82) is 0 Å². The number of thiazole rings is 1. The van der Waals surface area contributed by atoms with Crippen molar-refractivity contribution in [2.75, 3.05) is 25.6 Å². The first-order valence-electron chi connectivity index (χ1n) is 7.56. The van der Waals surface area contributed by atoms with E-state index in [0.29, 0.717) is 13.0 Å². The molecule has 2 aromatic carbocycles. The molecule has 4 nitrogen and oxygen atoms in total. The Labute approximate surface area is 146 Å². The number of nitrogens with one attached hydrogen (secondary N) is 1. The third-order valence-corrected chi connectivity index (χ3v) is 4.42. The van der Waals surface area contributed by atoms with Crippen LogP contribution in [0, 0.1) is 12.8 Å². The van der Waals surface area contributed by atoms with Gasteiger partial charge >= 0.3 is 0 Å². The second-order valence-electron chi connectivity index (χ2n) is 4.90. The summed E-state index contributed by atoms with van der Waals surface area (Å²) in [5.41, 5.74) is 3.18. The van der Waals surface area contributed by atoms with Gasteiger partial charge in [-0.2, -0.15) is 0 Å². The standard InChI is InChI=1S/C17H18N2O2S.C2H2/c1-18-13-5-3-12(4-6-13)17-19-15-8-7-14(11-16(15)22-17)21-10-2-9-20;1-2/h3-8,11,18,20H,2,9-10H2,1H3;1-2H.